The molecule has 2 aromatic heterocycles. The molecule has 0 radical (unpaired) electrons. The Morgan fingerprint density at radius 3 is 2.52 bits per heavy atom. The third kappa shape index (κ3) is 4.82. The Hall–Kier alpha value is -3.86. The minimum atomic E-state index is -4.15. The molecule has 33 heavy (non-hydrogen) atoms. The first-order valence-corrected chi connectivity index (χ1v) is 11.5. The van der Waals surface area contributed by atoms with Crippen LogP contribution < -0.4 is 20.0 Å². The molecule has 0 fully saturated rings. The monoisotopic (exact) mass is 472 g/mol. The molecular weight excluding hydrogens is 452 g/mol. The van der Waals surface area contributed by atoms with Gasteiger partial charge in [-0.15, -0.1) is 0 Å². The second kappa shape index (κ2) is 9.33. The average molecular weight is 472 g/mol. The molecule has 4 rings (SSSR count). The lowest BCUT2D eigenvalue weighted by atomic mass is 10.1. The Bertz CT molecular complexity index is 1430. The number of aryl methyl sites for hydroxylation is 1. The number of nitrogens with zero attached hydrogens (tertiary/aromatic N) is 2. The van der Waals surface area contributed by atoms with Crippen molar-refractivity contribution in [2.75, 3.05) is 13.2 Å². The molecule has 2 heterocycles. The van der Waals surface area contributed by atoms with Crippen molar-refractivity contribution in [3.8, 4) is 11.6 Å². The molecular formula is C22H20N2O8S. The van der Waals surface area contributed by atoms with Crippen molar-refractivity contribution in [1.82, 2.24) is 5.16 Å². The Balaban J connectivity index is 1.32. The van der Waals surface area contributed by atoms with Gasteiger partial charge in [0.05, 0.1) is 23.3 Å². The molecule has 0 aliphatic rings. The molecule has 4 aromatic rings. The number of hydrogen-bond acceptors (Lipinski definition) is 9. The highest BCUT2D eigenvalue weighted by Gasteiger charge is 2.35. The molecule has 0 aliphatic heterocycles. The zero-order chi connectivity index (χ0) is 23.4. The summed E-state index contributed by atoms with van der Waals surface area (Å²) in [6, 6.07) is 14.2. The third-order valence-corrected chi connectivity index (χ3v) is 6.55. The summed E-state index contributed by atoms with van der Waals surface area (Å²) in [7, 11) is -4.15. The van der Waals surface area contributed by atoms with Gasteiger partial charge < -0.3 is 19.1 Å². The van der Waals surface area contributed by atoms with Crippen LogP contribution in [0.25, 0.3) is 11.0 Å². The van der Waals surface area contributed by atoms with Crippen molar-refractivity contribution < 1.29 is 31.8 Å². The number of aromatic nitrogens is 2. The Labute approximate surface area is 188 Å². The summed E-state index contributed by atoms with van der Waals surface area (Å²) in [6.07, 6.45) is 1.07. The van der Waals surface area contributed by atoms with Gasteiger partial charge >= 0.3 is 16.5 Å². The normalized spacial score (nSPS) is 11.5. The van der Waals surface area contributed by atoms with Crippen LogP contribution in [0.5, 0.6) is 11.6 Å². The molecule has 2 aromatic carbocycles. The van der Waals surface area contributed by atoms with Gasteiger partial charge in [-0.25, -0.2) is 13.2 Å². The van der Waals surface area contributed by atoms with E-state index in [4.69, 9.17) is 13.9 Å². The molecule has 0 saturated heterocycles. The van der Waals surface area contributed by atoms with Gasteiger partial charge in [0.25, 0.3) is 9.84 Å². The molecule has 172 valence electrons. The van der Waals surface area contributed by atoms with E-state index in [0.29, 0.717) is 30.8 Å². The van der Waals surface area contributed by atoms with Crippen molar-refractivity contribution in [3.05, 3.63) is 75.8 Å². The van der Waals surface area contributed by atoms with Crippen LogP contribution in [0.2, 0.25) is 0 Å². The Kier molecular flexibility index (Phi) is 6.31. The highest BCUT2D eigenvalue weighted by Crippen LogP contribution is 2.25. The Morgan fingerprint density at radius 2 is 1.76 bits per heavy atom. The molecule has 0 saturated carbocycles. The van der Waals surface area contributed by atoms with Crippen molar-refractivity contribution in [1.29, 1.82) is 0 Å². The van der Waals surface area contributed by atoms with Crippen molar-refractivity contribution in [2.45, 2.75) is 29.7 Å². The highest BCUT2D eigenvalue weighted by molar-refractivity contribution is 7.91. The van der Waals surface area contributed by atoms with E-state index in [1.807, 2.05) is 13.0 Å². The maximum atomic E-state index is 12.7. The molecule has 0 atom stereocenters. The van der Waals surface area contributed by atoms with Gasteiger partial charge in [-0.3, -0.25) is 4.63 Å². The largest absolute Gasteiger partial charge is 0.493 e. The van der Waals surface area contributed by atoms with Gasteiger partial charge in [-0.1, -0.05) is 18.2 Å². The molecule has 0 spiro atoms. The lowest BCUT2D eigenvalue weighted by Crippen LogP contribution is -2.31. The van der Waals surface area contributed by atoms with E-state index in [1.165, 1.54) is 18.2 Å². The number of sulfone groups is 1. The van der Waals surface area contributed by atoms with Crippen LogP contribution in [0.15, 0.2) is 78.4 Å². The summed E-state index contributed by atoms with van der Waals surface area (Å²) in [4.78, 5) is 11.3. The summed E-state index contributed by atoms with van der Waals surface area (Å²) in [5.41, 5.74) is 0.853. The van der Waals surface area contributed by atoms with E-state index in [2.05, 4.69) is 9.79 Å². The zero-order valence-corrected chi connectivity index (χ0v) is 18.4. The number of ether oxygens (including phenoxy) is 2. The minimum absolute atomic E-state index is 0.0718. The predicted octanol–water partition coefficient (Wildman–Crippen LogP) is 2.79. The van der Waals surface area contributed by atoms with Crippen LogP contribution in [-0.4, -0.2) is 26.8 Å². The fourth-order valence-corrected chi connectivity index (χ4v) is 4.49. The van der Waals surface area contributed by atoms with Crippen molar-refractivity contribution in [2.24, 2.45) is 0 Å². The van der Waals surface area contributed by atoms with Gasteiger partial charge in [0.2, 0.25) is 0 Å². The number of rotatable bonds is 9. The summed E-state index contributed by atoms with van der Waals surface area (Å²) in [5.74, 6) is 0.159. The van der Waals surface area contributed by atoms with E-state index < -0.39 is 26.4 Å². The fraction of sp³-hybridized carbons (Fsp3) is 0.227. The molecule has 0 aliphatic carbocycles. The van der Waals surface area contributed by atoms with Crippen molar-refractivity contribution >= 4 is 20.8 Å². The fourth-order valence-electron chi connectivity index (χ4n) is 3.20. The summed E-state index contributed by atoms with van der Waals surface area (Å²) in [5, 5.41) is 15.4. The van der Waals surface area contributed by atoms with Crippen molar-refractivity contribution in [3.63, 3.8) is 0 Å². The van der Waals surface area contributed by atoms with Gasteiger partial charge in [0.15, 0.2) is 0 Å². The van der Waals surface area contributed by atoms with E-state index in [9.17, 15) is 18.4 Å². The SMILES string of the molecule is Cc1cc(=O)oc2cc(OCCCCOc3no[n+]([O-])c3S(=O)(=O)c3ccccc3)ccc12. The van der Waals surface area contributed by atoms with Gasteiger partial charge in [0, 0.05) is 17.5 Å². The second-order valence-electron chi connectivity index (χ2n) is 7.17. The molecule has 0 N–H and O–H groups in total. The van der Waals surface area contributed by atoms with E-state index in [0.717, 1.165) is 10.9 Å². The average Bonchev–Trinajstić information content (AvgIpc) is 3.17. The quantitative estimate of drug-likeness (QED) is 0.205. The van der Waals surface area contributed by atoms with Crippen LogP contribution >= 0.6 is 0 Å². The third-order valence-electron chi connectivity index (χ3n) is 4.82. The second-order valence-corrected chi connectivity index (χ2v) is 9.03. The number of unbranched alkanes of at least 4 members (excludes halogenated alkanes) is 1. The van der Waals surface area contributed by atoms with E-state index in [-0.39, 0.29) is 16.4 Å². The lowest BCUT2D eigenvalue weighted by Gasteiger charge is -2.08. The van der Waals surface area contributed by atoms with Crippen LogP contribution in [0.3, 0.4) is 0 Å². The first-order valence-electron chi connectivity index (χ1n) is 10.1. The van der Waals surface area contributed by atoms with Crippen LogP contribution in [0.1, 0.15) is 18.4 Å². The molecule has 11 heteroatoms. The van der Waals surface area contributed by atoms with E-state index >= 15 is 0 Å². The smallest absolute Gasteiger partial charge is 0.414 e. The summed E-state index contributed by atoms with van der Waals surface area (Å²) >= 11 is 0. The van der Waals surface area contributed by atoms with Crippen LogP contribution in [-0.2, 0) is 9.84 Å². The maximum absolute atomic E-state index is 12.7. The predicted molar refractivity (Wildman–Crippen MR) is 115 cm³/mol. The molecule has 0 bridgehead atoms. The minimum Gasteiger partial charge on any atom is -0.493 e. The first kappa shape index (κ1) is 22.3. The maximum Gasteiger partial charge on any atom is 0.414 e. The molecule has 0 amide bonds. The number of fused-ring (bicyclic) bond motifs is 1. The highest BCUT2D eigenvalue weighted by atomic mass is 32.2. The number of benzene rings is 2. The first-order chi connectivity index (χ1) is 15.9. The molecule has 0 unspecified atom stereocenters. The van der Waals surface area contributed by atoms with E-state index in [1.54, 1.807) is 30.3 Å². The Morgan fingerprint density at radius 1 is 1.03 bits per heavy atom. The lowest BCUT2D eigenvalue weighted by molar-refractivity contribution is -0.832. The standard InChI is InChI=1S/C22H20N2O8S/c1-15-13-20(25)31-19-14-16(9-10-18(15)19)29-11-5-6-12-30-21-22(24(26)32-23-21)33(27,28)17-7-3-2-4-8-17/h2-4,7-10,13-14H,5-6,11-12H2,1H3. The zero-order valence-electron chi connectivity index (χ0n) is 17.6. The van der Waals surface area contributed by atoms with Gasteiger partial charge in [-0.05, 0) is 54.5 Å². The van der Waals surface area contributed by atoms with Crippen LogP contribution in [0, 0.1) is 12.1 Å². The van der Waals surface area contributed by atoms with Gasteiger partial charge in [-0.2, -0.15) is 0 Å². The topological polar surface area (TPSA) is 136 Å². The van der Waals surface area contributed by atoms with Crippen LogP contribution in [0.4, 0.5) is 0 Å². The van der Waals surface area contributed by atoms with Gasteiger partial charge in [0.1, 0.15) is 11.3 Å². The number of hydrogen-bond donors (Lipinski definition) is 0. The summed E-state index contributed by atoms with van der Waals surface area (Å²) in [6.45, 7) is 2.28. The summed E-state index contributed by atoms with van der Waals surface area (Å²) < 4.78 is 46.2. The molecule has 10 nitrogen and oxygen atoms in total.